The zero-order chi connectivity index (χ0) is 14.4. The van der Waals surface area contributed by atoms with Crippen molar-refractivity contribution in [2.45, 2.75) is 25.8 Å². The summed E-state index contributed by atoms with van der Waals surface area (Å²) in [6.45, 7) is 2.02. The monoisotopic (exact) mass is 287 g/mol. The van der Waals surface area contributed by atoms with E-state index in [2.05, 4.69) is 17.4 Å². The highest BCUT2D eigenvalue weighted by Gasteiger charge is 2.10. The van der Waals surface area contributed by atoms with Gasteiger partial charge in [-0.05, 0) is 43.5 Å². The molecule has 0 aliphatic carbocycles. The van der Waals surface area contributed by atoms with Gasteiger partial charge in [0.2, 0.25) is 0 Å². The molecule has 0 heterocycles. The van der Waals surface area contributed by atoms with Gasteiger partial charge in [0.1, 0.15) is 0 Å². The van der Waals surface area contributed by atoms with Crippen molar-refractivity contribution in [2.75, 3.05) is 0 Å². The average Bonchev–Trinajstić information content (AvgIpc) is 2.46. The molecular formula is C17H18ClNO. The van der Waals surface area contributed by atoms with Crippen LogP contribution in [0.2, 0.25) is 5.02 Å². The summed E-state index contributed by atoms with van der Waals surface area (Å²) >= 11 is 5.89. The fourth-order valence-electron chi connectivity index (χ4n) is 2.04. The first-order valence-corrected chi connectivity index (χ1v) is 7.13. The first kappa shape index (κ1) is 14.6. The number of aryl methyl sites for hydroxylation is 1. The van der Waals surface area contributed by atoms with Gasteiger partial charge in [-0.25, -0.2) is 0 Å². The molecule has 2 aromatic rings. The van der Waals surface area contributed by atoms with Crippen molar-refractivity contribution in [3.63, 3.8) is 0 Å². The normalized spacial score (nSPS) is 11.9. The van der Waals surface area contributed by atoms with Gasteiger partial charge in [0.15, 0.2) is 0 Å². The number of carbonyl (C=O) groups excluding carboxylic acids is 1. The smallest absolute Gasteiger partial charge is 0.251 e. The molecule has 0 fully saturated rings. The number of benzene rings is 2. The van der Waals surface area contributed by atoms with E-state index in [0.717, 1.165) is 12.8 Å². The van der Waals surface area contributed by atoms with Crippen LogP contribution >= 0.6 is 11.6 Å². The number of hydrogen-bond donors (Lipinski definition) is 1. The Labute approximate surface area is 124 Å². The summed E-state index contributed by atoms with van der Waals surface area (Å²) in [5.41, 5.74) is 1.89. The van der Waals surface area contributed by atoms with Crippen molar-refractivity contribution in [1.29, 1.82) is 0 Å². The Kier molecular flexibility index (Phi) is 5.19. The lowest BCUT2D eigenvalue weighted by Crippen LogP contribution is -2.32. The van der Waals surface area contributed by atoms with E-state index in [9.17, 15) is 4.79 Å². The summed E-state index contributed by atoms with van der Waals surface area (Å²) in [5.74, 6) is -0.0759. The van der Waals surface area contributed by atoms with Crippen LogP contribution in [0, 0.1) is 0 Å². The van der Waals surface area contributed by atoms with Crippen LogP contribution in [-0.2, 0) is 6.42 Å². The standard InChI is InChI=1S/C17H18ClNO/c1-13(10-11-14-6-3-2-4-7-14)19-17(20)15-8-5-9-16(18)12-15/h2-9,12-13H,10-11H2,1H3,(H,19,20). The molecule has 1 unspecified atom stereocenters. The molecule has 0 aromatic heterocycles. The van der Waals surface area contributed by atoms with Gasteiger partial charge in [-0.2, -0.15) is 0 Å². The zero-order valence-electron chi connectivity index (χ0n) is 11.5. The van der Waals surface area contributed by atoms with Crippen LogP contribution in [0.1, 0.15) is 29.3 Å². The van der Waals surface area contributed by atoms with E-state index in [1.807, 2.05) is 25.1 Å². The number of carbonyl (C=O) groups is 1. The molecular weight excluding hydrogens is 270 g/mol. The summed E-state index contributed by atoms with van der Waals surface area (Å²) in [7, 11) is 0. The SMILES string of the molecule is CC(CCc1ccccc1)NC(=O)c1cccc(Cl)c1. The molecule has 0 bridgehead atoms. The first-order valence-electron chi connectivity index (χ1n) is 6.75. The Bertz CT molecular complexity index is 568. The van der Waals surface area contributed by atoms with E-state index in [1.165, 1.54) is 5.56 Å². The van der Waals surface area contributed by atoms with Gasteiger partial charge in [-0.3, -0.25) is 4.79 Å². The molecule has 2 rings (SSSR count). The molecule has 0 radical (unpaired) electrons. The van der Waals surface area contributed by atoms with Gasteiger partial charge < -0.3 is 5.32 Å². The van der Waals surface area contributed by atoms with Crippen LogP contribution in [0.5, 0.6) is 0 Å². The van der Waals surface area contributed by atoms with E-state index in [1.54, 1.807) is 24.3 Å². The van der Waals surface area contributed by atoms with Crippen molar-refractivity contribution >= 4 is 17.5 Å². The number of amides is 1. The minimum absolute atomic E-state index is 0.0759. The van der Waals surface area contributed by atoms with E-state index >= 15 is 0 Å². The van der Waals surface area contributed by atoms with Gasteiger partial charge in [0.05, 0.1) is 0 Å². The van der Waals surface area contributed by atoms with Crippen molar-refractivity contribution in [3.8, 4) is 0 Å². The third-order valence-electron chi connectivity index (χ3n) is 3.17. The van der Waals surface area contributed by atoms with Crippen molar-refractivity contribution in [2.24, 2.45) is 0 Å². The van der Waals surface area contributed by atoms with E-state index in [0.29, 0.717) is 10.6 Å². The van der Waals surface area contributed by atoms with Crippen molar-refractivity contribution in [1.82, 2.24) is 5.32 Å². The summed E-state index contributed by atoms with van der Waals surface area (Å²) < 4.78 is 0. The highest BCUT2D eigenvalue weighted by Crippen LogP contribution is 2.11. The lowest BCUT2D eigenvalue weighted by Gasteiger charge is -2.14. The minimum atomic E-state index is -0.0759. The fourth-order valence-corrected chi connectivity index (χ4v) is 2.23. The van der Waals surface area contributed by atoms with Crippen LogP contribution in [0.4, 0.5) is 0 Å². The fraction of sp³-hybridized carbons (Fsp3) is 0.235. The van der Waals surface area contributed by atoms with Crippen molar-refractivity contribution in [3.05, 3.63) is 70.7 Å². The van der Waals surface area contributed by atoms with Crippen LogP contribution in [0.25, 0.3) is 0 Å². The second kappa shape index (κ2) is 7.11. The van der Waals surface area contributed by atoms with Gasteiger partial charge >= 0.3 is 0 Å². The Hall–Kier alpha value is -1.80. The predicted octanol–water partition coefficient (Wildman–Crippen LogP) is 4.09. The average molecular weight is 288 g/mol. The molecule has 2 aromatic carbocycles. The third kappa shape index (κ3) is 4.39. The maximum Gasteiger partial charge on any atom is 0.251 e. The number of halogens is 1. The van der Waals surface area contributed by atoms with Crippen LogP contribution in [0.3, 0.4) is 0 Å². The Morgan fingerprint density at radius 1 is 1.15 bits per heavy atom. The minimum Gasteiger partial charge on any atom is -0.350 e. The Morgan fingerprint density at radius 3 is 2.60 bits per heavy atom. The zero-order valence-corrected chi connectivity index (χ0v) is 12.2. The molecule has 1 amide bonds. The number of nitrogens with one attached hydrogen (secondary N) is 1. The van der Waals surface area contributed by atoms with Crippen LogP contribution in [0.15, 0.2) is 54.6 Å². The molecule has 0 aliphatic heterocycles. The first-order chi connectivity index (χ1) is 9.65. The topological polar surface area (TPSA) is 29.1 Å². The highest BCUT2D eigenvalue weighted by atomic mass is 35.5. The largest absolute Gasteiger partial charge is 0.350 e. The third-order valence-corrected chi connectivity index (χ3v) is 3.41. The molecule has 3 heteroatoms. The lowest BCUT2D eigenvalue weighted by atomic mass is 10.1. The van der Waals surface area contributed by atoms with E-state index < -0.39 is 0 Å². The summed E-state index contributed by atoms with van der Waals surface area (Å²) in [5, 5.41) is 3.57. The lowest BCUT2D eigenvalue weighted by molar-refractivity contribution is 0.0938. The molecule has 0 saturated heterocycles. The molecule has 2 nitrogen and oxygen atoms in total. The molecule has 104 valence electrons. The quantitative estimate of drug-likeness (QED) is 0.882. The Balaban J connectivity index is 1.85. The highest BCUT2D eigenvalue weighted by molar-refractivity contribution is 6.30. The summed E-state index contributed by atoms with van der Waals surface area (Å²) in [4.78, 5) is 12.0. The van der Waals surface area contributed by atoms with Gasteiger partial charge in [-0.1, -0.05) is 48.0 Å². The maximum atomic E-state index is 12.0. The Morgan fingerprint density at radius 2 is 1.90 bits per heavy atom. The molecule has 20 heavy (non-hydrogen) atoms. The van der Waals surface area contributed by atoms with Crippen LogP contribution in [-0.4, -0.2) is 11.9 Å². The van der Waals surface area contributed by atoms with E-state index in [4.69, 9.17) is 11.6 Å². The number of rotatable bonds is 5. The number of hydrogen-bond acceptors (Lipinski definition) is 1. The van der Waals surface area contributed by atoms with Gasteiger partial charge in [0, 0.05) is 16.6 Å². The molecule has 1 atom stereocenters. The predicted molar refractivity (Wildman–Crippen MR) is 83.1 cm³/mol. The molecule has 0 aliphatic rings. The summed E-state index contributed by atoms with van der Waals surface area (Å²) in [6, 6.07) is 17.4. The maximum absolute atomic E-state index is 12.0. The van der Waals surface area contributed by atoms with Crippen molar-refractivity contribution < 1.29 is 4.79 Å². The van der Waals surface area contributed by atoms with Crippen LogP contribution < -0.4 is 5.32 Å². The van der Waals surface area contributed by atoms with Gasteiger partial charge in [0.25, 0.3) is 5.91 Å². The summed E-state index contributed by atoms with van der Waals surface area (Å²) in [6.07, 6.45) is 1.87. The van der Waals surface area contributed by atoms with E-state index in [-0.39, 0.29) is 11.9 Å². The second-order valence-electron chi connectivity index (χ2n) is 4.91. The molecule has 0 saturated carbocycles. The second-order valence-corrected chi connectivity index (χ2v) is 5.35. The molecule has 1 N–H and O–H groups in total. The van der Waals surface area contributed by atoms with Gasteiger partial charge in [-0.15, -0.1) is 0 Å². The molecule has 0 spiro atoms.